The summed E-state index contributed by atoms with van der Waals surface area (Å²) in [5.41, 5.74) is -0.287. The van der Waals surface area contributed by atoms with Crippen molar-refractivity contribution in [3.05, 3.63) is 65.7 Å². The van der Waals surface area contributed by atoms with Crippen molar-refractivity contribution in [3.63, 3.8) is 0 Å². The zero-order chi connectivity index (χ0) is 18.0. The third kappa shape index (κ3) is 3.70. The summed E-state index contributed by atoms with van der Waals surface area (Å²) in [5.74, 6) is -0.0838. The van der Waals surface area contributed by atoms with E-state index in [1.807, 2.05) is 0 Å². The number of rotatable bonds is 4. The lowest BCUT2D eigenvalue weighted by Gasteiger charge is -2.18. The van der Waals surface area contributed by atoms with Crippen molar-refractivity contribution in [3.8, 4) is 0 Å². The number of anilines is 1. The molecule has 3 nitrogen and oxygen atoms in total. The van der Waals surface area contributed by atoms with Gasteiger partial charge >= 0.3 is 6.18 Å². The zero-order valence-electron chi connectivity index (χ0n) is 13.3. The molecule has 25 heavy (non-hydrogen) atoms. The van der Waals surface area contributed by atoms with Crippen LogP contribution in [0, 0.1) is 5.82 Å². The molecule has 0 spiro atoms. The fraction of sp³-hybridized carbons (Fsp3) is 0.222. The van der Waals surface area contributed by atoms with Gasteiger partial charge in [0.2, 0.25) is 0 Å². The number of alkyl halides is 3. The van der Waals surface area contributed by atoms with Gasteiger partial charge in [0.25, 0.3) is 0 Å². The largest absolute Gasteiger partial charge is 0.416 e. The molecule has 7 heteroatoms. The van der Waals surface area contributed by atoms with Crippen LogP contribution in [0.2, 0.25) is 0 Å². The topological polar surface area (TPSA) is 37.8 Å². The Balaban J connectivity index is 1.85. The van der Waals surface area contributed by atoms with E-state index >= 15 is 0 Å². The van der Waals surface area contributed by atoms with E-state index in [0.717, 1.165) is 6.07 Å². The van der Waals surface area contributed by atoms with E-state index in [-0.39, 0.29) is 23.5 Å². The third-order valence-corrected chi connectivity index (χ3v) is 3.85. The van der Waals surface area contributed by atoms with E-state index in [0.29, 0.717) is 11.2 Å². The molecule has 0 aliphatic carbocycles. The highest BCUT2D eigenvalue weighted by molar-refractivity contribution is 5.89. The van der Waals surface area contributed by atoms with Gasteiger partial charge in [0.15, 0.2) is 0 Å². The monoisotopic (exact) mass is 349 g/mol. The molecule has 0 saturated carbocycles. The smallest absolute Gasteiger partial charge is 0.367 e. The highest BCUT2D eigenvalue weighted by atomic mass is 19.4. The normalized spacial score (nSPS) is 13.0. The predicted molar refractivity (Wildman–Crippen MR) is 87.7 cm³/mol. The van der Waals surface area contributed by atoms with Gasteiger partial charge in [-0.05, 0) is 37.1 Å². The molecule has 0 bridgehead atoms. The Bertz CT molecular complexity index is 893. The summed E-state index contributed by atoms with van der Waals surface area (Å²) < 4.78 is 53.1. The van der Waals surface area contributed by atoms with Crippen molar-refractivity contribution in [1.82, 2.24) is 9.97 Å². The summed E-state index contributed by atoms with van der Waals surface area (Å²) >= 11 is 0. The second kappa shape index (κ2) is 6.66. The van der Waals surface area contributed by atoms with Crippen molar-refractivity contribution in [2.24, 2.45) is 0 Å². The summed E-state index contributed by atoms with van der Waals surface area (Å²) in [6.07, 6.45) is -3.03. The SMILES string of the molecule is CC(Cc1ccccc1C(F)(F)F)Nc1ncnc2c(F)cccc12. The van der Waals surface area contributed by atoms with E-state index in [9.17, 15) is 17.6 Å². The average Bonchev–Trinajstić information content (AvgIpc) is 2.55. The molecule has 0 radical (unpaired) electrons. The summed E-state index contributed by atoms with van der Waals surface area (Å²) in [4.78, 5) is 7.99. The maximum atomic E-state index is 13.8. The molecule has 1 N–H and O–H groups in total. The van der Waals surface area contributed by atoms with Gasteiger partial charge in [-0.15, -0.1) is 0 Å². The quantitative estimate of drug-likeness (QED) is 0.686. The molecule has 0 aliphatic rings. The maximum absolute atomic E-state index is 13.8. The Morgan fingerprint density at radius 3 is 2.56 bits per heavy atom. The summed E-state index contributed by atoms with van der Waals surface area (Å²) in [5, 5.41) is 3.54. The molecule has 130 valence electrons. The minimum Gasteiger partial charge on any atom is -0.367 e. The first-order valence-electron chi connectivity index (χ1n) is 7.67. The number of benzene rings is 2. The van der Waals surface area contributed by atoms with Crippen molar-refractivity contribution in [1.29, 1.82) is 0 Å². The van der Waals surface area contributed by atoms with Crippen LogP contribution in [-0.4, -0.2) is 16.0 Å². The average molecular weight is 349 g/mol. The second-order valence-corrected chi connectivity index (χ2v) is 5.76. The van der Waals surface area contributed by atoms with Crippen LogP contribution in [-0.2, 0) is 12.6 Å². The highest BCUT2D eigenvalue weighted by Crippen LogP contribution is 2.32. The zero-order valence-corrected chi connectivity index (χ0v) is 13.3. The van der Waals surface area contributed by atoms with Gasteiger partial charge in [-0.25, -0.2) is 14.4 Å². The Morgan fingerprint density at radius 1 is 1.04 bits per heavy atom. The van der Waals surface area contributed by atoms with Gasteiger partial charge in [-0.3, -0.25) is 0 Å². The van der Waals surface area contributed by atoms with Gasteiger partial charge in [-0.1, -0.05) is 24.3 Å². The Morgan fingerprint density at radius 2 is 1.80 bits per heavy atom. The lowest BCUT2D eigenvalue weighted by Crippen LogP contribution is -2.21. The number of halogens is 4. The van der Waals surface area contributed by atoms with Crippen molar-refractivity contribution < 1.29 is 17.6 Å². The fourth-order valence-corrected chi connectivity index (χ4v) is 2.76. The van der Waals surface area contributed by atoms with E-state index in [1.54, 1.807) is 19.1 Å². The molecule has 1 atom stereocenters. The van der Waals surface area contributed by atoms with Crippen LogP contribution in [0.25, 0.3) is 10.9 Å². The van der Waals surface area contributed by atoms with Gasteiger partial charge in [0.05, 0.1) is 5.56 Å². The minimum atomic E-state index is -4.40. The maximum Gasteiger partial charge on any atom is 0.416 e. The number of hydrogen-bond donors (Lipinski definition) is 1. The van der Waals surface area contributed by atoms with Gasteiger partial charge in [0, 0.05) is 11.4 Å². The van der Waals surface area contributed by atoms with Crippen LogP contribution < -0.4 is 5.32 Å². The number of nitrogens with zero attached hydrogens (tertiary/aromatic N) is 2. The van der Waals surface area contributed by atoms with Crippen LogP contribution in [0.1, 0.15) is 18.1 Å². The molecular formula is C18H15F4N3. The minimum absolute atomic E-state index is 0.149. The molecule has 1 heterocycles. The lowest BCUT2D eigenvalue weighted by atomic mass is 10.0. The lowest BCUT2D eigenvalue weighted by molar-refractivity contribution is -0.138. The van der Waals surface area contributed by atoms with Gasteiger partial charge in [-0.2, -0.15) is 13.2 Å². The number of fused-ring (bicyclic) bond motifs is 1. The van der Waals surface area contributed by atoms with Crippen molar-refractivity contribution in [2.45, 2.75) is 25.6 Å². The van der Waals surface area contributed by atoms with Crippen LogP contribution >= 0.6 is 0 Å². The number of nitrogens with one attached hydrogen (secondary N) is 1. The van der Waals surface area contributed by atoms with E-state index in [4.69, 9.17) is 0 Å². The molecule has 3 rings (SSSR count). The van der Waals surface area contributed by atoms with Crippen LogP contribution in [0.3, 0.4) is 0 Å². The van der Waals surface area contributed by atoms with Crippen LogP contribution in [0.4, 0.5) is 23.4 Å². The first-order chi connectivity index (χ1) is 11.9. The molecule has 0 fully saturated rings. The fourth-order valence-electron chi connectivity index (χ4n) is 2.76. The Hall–Kier alpha value is -2.70. The summed E-state index contributed by atoms with van der Waals surface area (Å²) in [6.45, 7) is 1.75. The van der Waals surface area contributed by atoms with Crippen LogP contribution in [0.15, 0.2) is 48.8 Å². The molecule has 0 saturated heterocycles. The van der Waals surface area contributed by atoms with Gasteiger partial charge < -0.3 is 5.32 Å². The van der Waals surface area contributed by atoms with Crippen molar-refractivity contribution in [2.75, 3.05) is 5.32 Å². The second-order valence-electron chi connectivity index (χ2n) is 5.76. The Kier molecular flexibility index (Phi) is 4.57. The van der Waals surface area contributed by atoms with E-state index in [2.05, 4.69) is 15.3 Å². The highest BCUT2D eigenvalue weighted by Gasteiger charge is 2.33. The molecule has 0 aliphatic heterocycles. The number of hydrogen-bond acceptors (Lipinski definition) is 3. The molecule has 1 unspecified atom stereocenters. The molecule has 3 aromatic rings. The van der Waals surface area contributed by atoms with Gasteiger partial charge in [0.1, 0.15) is 23.5 Å². The standard InChI is InChI=1S/C18H15F4N3/c1-11(9-12-5-2-3-7-14(12)18(20,21)22)25-17-13-6-4-8-15(19)16(13)23-10-24-17/h2-8,10-11H,9H2,1H3,(H,23,24,25). The van der Waals surface area contributed by atoms with E-state index in [1.165, 1.54) is 30.6 Å². The predicted octanol–water partition coefficient (Wildman–Crippen LogP) is 4.83. The van der Waals surface area contributed by atoms with E-state index < -0.39 is 17.6 Å². The Labute approximate surface area is 141 Å². The first-order valence-corrected chi connectivity index (χ1v) is 7.67. The molecule has 1 aromatic heterocycles. The summed E-state index contributed by atoms with van der Waals surface area (Å²) in [6, 6.07) is 9.62. The van der Waals surface area contributed by atoms with Crippen molar-refractivity contribution >= 4 is 16.7 Å². The third-order valence-electron chi connectivity index (χ3n) is 3.85. The first kappa shape index (κ1) is 17.1. The molecule has 2 aromatic carbocycles. The van der Waals surface area contributed by atoms with Crippen LogP contribution in [0.5, 0.6) is 0 Å². The number of para-hydroxylation sites is 1. The number of aromatic nitrogens is 2. The summed E-state index contributed by atoms with van der Waals surface area (Å²) in [7, 11) is 0. The molecular weight excluding hydrogens is 334 g/mol. The molecule has 0 amide bonds.